The molecule has 6 nitrogen and oxygen atoms in total. The van der Waals surface area contributed by atoms with Crippen molar-refractivity contribution in [2.24, 2.45) is 28.6 Å². The fourth-order valence-corrected chi connectivity index (χ4v) is 10.3. The van der Waals surface area contributed by atoms with Crippen molar-refractivity contribution < 1.29 is 27.8 Å². The van der Waals surface area contributed by atoms with E-state index in [4.69, 9.17) is 34.4 Å². The van der Waals surface area contributed by atoms with Gasteiger partial charge in [0.15, 0.2) is 8.32 Å². The molecule has 2 bridgehead atoms. The third-order valence-electron chi connectivity index (χ3n) is 9.82. The van der Waals surface area contributed by atoms with Gasteiger partial charge >= 0.3 is 0 Å². The molecule has 42 heavy (non-hydrogen) atoms. The predicted molar refractivity (Wildman–Crippen MR) is 181 cm³/mol. The van der Waals surface area contributed by atoms with Crippen molar-refractivity contribution in [3.8, 4) is 0 Å². The van der Waals surface area contributed by atoms with Crippen LogP contribution in [0.3, 0.4) is 0 Å². The van der Waals surface area contributed by atoms with Gasteiger partial charge in [-0.2, -0.15) is 0 Å². The Labute approximate surface area is 261 Å². The van der Waals surface area contributed by atoms with E-state index in [0.717, 1.165) is 38.3 Å². The van der Waals surface area contributed by atoms with Crippen LogP contribution in [0.5, 0.6) is 0 Å². The second-order valence-electron chi connectivity index (χ2n) is 17.1. The summed E-state index contributed by atoms with van der Waals surface area (Å²) in [6.45, 7) is 34.3. The average Bonchev–Trinajstić information content (AvgIpc) is 2.82. The Kier molecular flexibility index (Phi) is 11.7. The Bertz CT molecular complexity index is 947. The minimum absolute atomic E-state index is 0.0212. The Hall–Kier alpha value is -0.269. The van der Waals surface area contributed by atoms with Crippen LogP contribution in [0.2, 0.25) is 65.0 Å². The van der Waals surface area contributed by atoms with E-state index < -0.39 is 24.7 Å². The molecule has 0 spiro atoms. The molecule has 2 fully saturated rings. The third-order valence-corrected chi connectivity index (χ3v) is 13.3. The van der Waals surface area contributed by atoms with Gasteiger partial charge in [0, 0.05) is 33.1 Å². The van der Waals surface area contributed by atoms with E-state index in [9.17, 15) is 0 Å². The molecule has 7 atom stereocenters. The maximum Gasteiger partial charge on any atom is 0.241 e. The van der Waals surface area contributed by atoms with E-state index in [-0.39, 0.29) is 53.7 Å². The number of fused-ring (bicyclic) bond motifs is 3. The molecule has 0 aromatic heterocycles. The normalized spacial score (nSPS) is 33.8. The maximum absolute atomic E-state index is 7.28. The van der Waals surface area contributed by atoms with Crippen molar-refractivity contribution in [3.05, 3.63) is 24.0 Å². The monoisotopic (exact) mass is 640 g/mol. The van der Waals surface area contributed by atoms with Gasteiger partial charge < -0.3 is 27.8 Å². The lowest BCUT2D eigenvalue weighted by Crippen LogP contribution is -2.62. The first-order chi connectivity index (χ1) is 19.2. The summed E-state index contributed by atoms with van der Waals surface area (Å²) in [4.78, 5) is 0. The smallest absolute Gasteiger partial charge is 0.241 e. The van der Waals surface area contributed by atoms with Crippen LogP contribution in [0.15, 0.2) is 24.0 Å². The fourth-order valence-electron chi connectivity index (χ4n) is 7.48. The van der Waals surface area contributed by atoms with Crippen LogP contribution in [0.4, 0.5) is 0 Å². The number of rotatable bonds is 13. The first-order valence-corrected chi connectivity index (χ1v) is 26.8. The molecule has 0 amide bonds. The molecule has 0 aromatic rings. The third kappa shape index (κ3) is 8.92. The lowest BCUT2D eigenvalue weighted by Gasteiger charge is -2.60. The minimum Gasteiger partial charge on any atom is -0.547 e. The van der Waals surface area contributed by atoms with E-state index >= 15 is 0 Å². The summed E-state index contributed by atoms with van der Waals surface area (Å²) in [6, 6.07) is 1.13. The fraction of sp³-hybridized carbons (Fsp3) is 0.879. The van der Waals surface area contributed by atoms with Gasteiger partial charge in [-0.05, 0) is 99.9 Å². The molecule has 0 aromatic carbocycles. The summed E-state index contributed by atoms with van der Waals surface area (Å²) >= 11 is 0. The molecule has 9 heteroatoms. The highest BCUT2D eigenvalue weighted by atomic mass is 28.4. The minimum atomic E-state index is -1.95. The Morgan fingerprint density at radius 1 is 0.905 bits per heavy atom. The molecular weight excluding hydrogens is 577 g/mol. The molecule has 0 heterocycles. The van der Waals surface area contributed by atoms with Crippen LogP contribution < -0.4 is 0 Å². The Morgan fingerprint density at radius 3 is 2.14 bits per heavy atom. The van der Waals surface area contributed by atoms with Gasteiger partial charge in [-0.1, -0.05) is 47.0 Å². The summed E-state index contributed by atoms with van der Waals surface area (Å²) in [6.07, 6.45) is 6.02. The maximum atomic E-state index is 7.28. The topological polar surface area (TPSA) is 55.4 Å². The number of methoxy groups -OCH3 is 1. The lowest BCUT2D eigenvalue weighted by atomic mass is 9.50. The van der Waals surface area contributed by atoms with E-state index in [1.54, 1.807) is 7.11 Å². The van der Waals surface area contributed by atoms with Gasteiger partial charge in [0.1, 0.15) is 13.6 Å². The molecule has 0 radical (unpaired) electrons. The number of hydrogen-bond acceptors (Lipinski definition) is 6. The second-order valence-corrected chi connectivity index (χ2v) is 31.6. The van der Waals surface area contributed by atoms with E-state index in [2.05, 4.69) is 85.8 Å². The van der Waals surface area contributed by atoms with Crippen molar-refractivity contribution in [3.63, 3.8) is 0 Å². The lowest BCUT2D eigenvalue weighted by molar-refractivity contribution is -0.206. The summed E-state index contributed by atoms with van der Waals surface area (Å²) in [5.41, 5.74) is 0.958. The van der Waals surface area contributed by atoms with Gasteiger partial charge in [-0.15, -0.1) is 0 Å². The zero-order chi connectivity index (χ0) is 31.7. The van der Waals surface area contributed by atoms with Gasteiger partial charge in [0.2, 0.25) is 8.32 Å². The number of hydrogen-bond donors (Lipinski definition) is 0. The first-order valence-electron chi connectivity index (χ1n) is 16.2. The molecule has 2 saturated carbocycles. The van der Waals surface area contributed by atoms with Crippen LogP contribution in [0.25, 0.3) is 0 Å². The van der Waals surface area contributed by atoms with E-state index in [1.807, 2.05) is 0 Å². The molecular formula is C33H64O6Si3. The first kappa shape index (κ1) is 36.2. The van der Waals surface area contributed by atoms with Crippen molar-refractivity contribution >= 4 is 24.7 Å². The van der Waals surface area contributed by atoms with Crippen LogP contribution in [0.1, 0.15) is 46.5 Å². The molecule has 3 aliphatic rings. The van der Waals surface area contributed by atoms with Crippen LogP contribution in [-0.4, -0.2) is 70.3 Å². The van der Waals surface area contributed by atoms with Crippen molar-refractivity contribution in [1.29, 1.82) is 0 Å². The molecule has 3 rings (SSSR count). The average molecular weight is 641 g/mol. The highest BCUT2D eigenvalue weighted by molar-refractivity contribution is 6.76. The molecule has 0 N–H and O–H groups in total. The Balaban J connectivity index is 2.10. The molecule has 2 unspecified atom stereocenters. The van der Waals surface area contributed by atoms with Gasteiger partial charge in [-0.3, -0.25) is 0 Å². The van der Waals surface area contributed by atoms with E-state index in [0.29, 0.717) is 6.79 Å². The van der Waals surface area contributed by atoms with Crippen LogP contribution >= 0.6 is 0 Å². The molecule has 0 saturated heterocycles. The number of ether oxygens (including phenoxy) is 4. The highest BCUT2D eigenvalue weighted by Crippen LogP contribution is 2.61. The Morgan fingerprint density at radius 2 is 1.57 bits per heavy atom. The number of allylic oxidation sites excluding steroid dienone is 2. The van der Waals surface area contributed by atoms with Crippen LogP contribution in [0, 0.1) is 28.6 Å². The van der Waals surface area contributed by atoms with Crippen molar-refractivity contribution in [1.82, 2.24) is 0 Å². The van der Waals surface area contributed by atoms with Crippen molar-refractivity contribution in [2.45, 2.75) is 130 Å². The highest BCUT2D eigenvalue weighted by Gasteiger charge is 2.60. The zero-order valence-corrected chi connectivity index (χ0v) is 32.4. The molecule has 0 aliphatic heterocycles. The summed E-state index contributed by atoms with van der Waals surface area (Å²) < 4.78 is 38.8. The van der Waals surface area contributed by atoms with Crippen LogP contribution in [-0.2, 0) is 27.8 Å². The molecule has 3 aliphatic carbocycles. The SMILES string of the molecule is C=C1[C@@H](OCOC)CC[C@]2(C)[C@@H]1CC1C(O[Si](C)(C)C)=CCC([C@@H](OCOCC[Si](C)(C)C)[C@@H]2O[Si](C)(C)C)C1(C)C. The summed E-state index contributed by atoms with van der Waals surface area (Å²) in [5.74, 6) is 1.93. The van der Waals surface area contributed by atoms with E-state index in [1.165, 1.54) is 11.3 Å². The summed E-state index contributed by atoms with van der Waals surface area (Å²) in [5, 5.41) is 0. The molecule has 244 valence electrons. The quantitative estimate of drug-likeness (QED) is 0.0869. The summed E-state index contributed by atoms with van der Waals surface area (Å²) in [7, 11) is -3.26. The zero-order valence-electron chi connectivity index (χ0n) is 29.4. The van der Waals surface area contributed by atoms with Gasteiger partial charge in [0.05, 0.1) is 24.1 Å². The van der Waals surface area contributed by atoms with Gasteiger partial charge in [-0.25, -0.2) is 0 Å². The predicted octanol–water partition coefficient (Wildman–Crippen LogP) is 8.67. The second kappa shape index (κ2) is 13.6. The van der Waals surface area contributed by atoms with Gasteiger partial charge in [0.25, 0.3) is 0 Å². The van der Waals surface area contributed by atoms with Crippen molar-refractivity contribution in [2.75, 3.05) is 27.3 Å². The standard InChI is InChI=1S/C33H64O6Si3/c1-24-26-21-27-29(38-41(9,10)11)16-15-25(32(27,2)3)30(37-23-35-19-20-40(6,7)8)31(39-42(12,13)14)33(26,4)18-17-28(24)36-22-34-5/h16,25-28,30-31H,1,15,17-23H2,2-14H3/t25?,26-,27?,28+,30-,31+,33-/m1/s1. The largest absolute Gasteiger partial charge is 0.547 e.